The van der Waals surface area contributed by atoms with Gasteiger partial charge in [-0.1, -0.05) is 12.1 Å². The minimum Gasteiger partial charge on any atom is -0.367 e. The van der Waals surface area contributed by atoms with Crippen molar-refractivity contribution in [1.29, 1.82) is 0 Å². The van der Waals surface area contributed by atoms with E-state index in [0.29, 0.717) is 13.1 Å². The average Bonchev–Trinajstić information content (AvgIpc) is 3.24. The lowest BCUT2D eigenvalue weighted by atomic mass is 10.1. The molecule has 118 valence electrons. The molecule has 0 aliphatic carbocycles. The van der Waals surface area contributed by atoms with Gasteiger partial charge in [0.05, 0.1) is 23.7 Å². The highest BCUT2D eigenvalue weighted by Crippen LogP contribution is 2.28. The molecule has 1 N–H and O–H groups in total. The summed E-state index contributed by atoms with van der Waals surface area (Å²) in [6, 6.07) is 9.90. The van der Waals surface area contributed by atoms with E-state index >= 15 is 0 Å². The van der Waals surface area contributed by atoms with Crippen LogP contribution in [0.2, 0.25) is 0 Å². The summed E-state index contributed by atoms with van der Waals surface area (Å²) in [5.74, 6) is 0.0634. The van der Waals surface area contributed by atoms with Gasteiger partial charge in [-0.3, -0.25) is 4.79 Å². The van der Waals surface area contributed by atoms with Crippen LogP contribution in [0.4, 0.5) is 0 Å². The average molecular weight is 326 g/mol. The van der Waals surface area contributed by atoms with Crippen LogP contribution in [-0.4, -0.2) is 35.0 Å². The largest absolute Gasteiger partial charge is 0.367 e. The maximum atomic E-state index is 13.0. The number of aromatic nitrogens is 1. The Bertz CT molecular complexity index is 825. The molecule has 1 aliphatic heterocycles. The molecule has 4 rings (SSSR count). The molecule has 2 aromatic heterocycles. The Hall–Kier alpha value is -2.11. The summed E-state index contributed by atoms with van der Waals surface area (Å²) in [5.41, 5.74) is 2.78. The Balaban J connectivity index is 1.64. The van der Waals surface area contributed by atoms with Crippen LogP contribution in [0.25, 0.3) is 10.9 Å². The Labute approximate surface area is 138 Å². The zero-order valence-corrected chi connectivity index (χ0v) is 13.7. The first-order valence-electron chi connectivity index (χ1n) is 7.75. The number of thiophene rings is 1. The lowest BCUT2D eigenvalue weighted by Gasteiger charge is -2.36. The number of aromatic amines is 1. The summed E-state index contributed by atoms with van der Waals surface area (Å²) in [6.07, 6.45) is 1.86. The van der Waals surface area contributed by atoms with Gasteiger partial charge < -0.3 is 14.6 Å². The van der Waals surface area contributed by atoms with E-state index in [4.69, 9.17) is 4.74 Å². The van der Waals surface area contributed by atoms with E-state index in [1.54, 1.807) is 11.3 Å². The van der Waals surface area contributed by atoms with Crippen molar-refractivity contribution in [3.05, 3.63) is 58.4 Å². The Morgan fingerprint density at radius 2 is 2.22 bits per heavy atom. The highest BCUT2D eigenvalue weighted by Gasteiger charge is 2.30. The standard InChI is InChI=1S/C18H18N2O2S/c1-12-9-20(10-16(22-12)14-6-8-23-11-14)18(21)15-4-2-3-13-5-7-19-17(13)15/h2-8,11-12,16,19H,9-10H2,1H3/t12-,16+/m1/s1. The minimum atomic E-state index is -0.0446. The molecule has 0 saturated carbocycles. The second-order valence-electron chi connectivity index (χ2n) is 5.95. The zero-order chi connectivity index (χ0) is 15.8. The molecule has 1 saturated heterocycles. The summed E-state index contributed by atoms with van der Waals surface area (Å²) in [5, 5.41) is 5.20. The SMILES string of the molecule is C[C@@H]1CN(C(=O)c2cccc3cc[nH]c23)C[C@@H](c2ccsc2)O1. The van der Waals surface area contributed by atoms with Crippen molar-refractivity contribution in [2.45, 2.75) is 19.1 Å². The number of fused-ring (bicyclic) bond motifs is 1. The van der Waals surface area contributed by atoms with Crippen LogP contribution >= 0.6 is 11.3 Å². The van der Waals surface area contributed by atoms with Crippen LogP contribution in [0.3, 0.4) is 0 Å². The Morgan fingerprint density at radius 1 is 1.30 bits per heavy atom. The molecule has 0 bridgehead atoms. The molecule has 1 fully saturated rings. The lowest BCUT2D eigenvalue weighted by Crippen LogP contribution is -2.45. The monoisotopic (exact) mass is 326 g/mol. The summed E-state index contributed by atoms with van der Waals surface area (Å²) in [4.78, 5) is 18.1. The molecule has 4 nitrogen and oxygen atoms in total. The van der Waals surface area contributed by atoms with Gasteiger partial charge in [-0.15, -0.1) is 0 Å². The van der Waals surface area contributed by atoms with E-state index in [0.717, 1.165) is 22.0 Å². The molecule has 0 unspecified atom stereocenters. The number of nitrogens with zero attached hydrogens (tertiary/aromatic N) is 1. The predicted molar refractivity (Wildman–Crippen MR) is 91.8 cm³/mol. The number of para-hydroxylation sites is 1. The summed E-state index contributed by atoms with van der Waals surface area (Å²) >= 11 is 1.66. The lowest BCUT2D eigenvalue weighted by molar-refractivity contribution is -0.0689. The van der Waals surface area contributed by atoms with E-state index in [9.17, 15) is 4.79 Å². The Morgan fingerprint density at radius 3 is 3.04 bits per heavy atom. The molecule has 3 aromatic rings. The zero-order valence-electron chi connectivity index (χ0n) is 12.9. The van der Waals surface area contributed by atoms with Gasteiger partial charge in [0.2, 0.25) is 0 Å². The van der Waals surface area contributed by atoms with Gasteiger partial charge in [0.1, 0.15) is 6.10 Å². The molecule has 1 aliphatic rings. The second kappa shape index (κ2) is 5.83. The second-order valence-corrected chi connectivity index (χ2v) is 6.73. The number of ether oxygens (including phenoxy) is 1. The molecule has 0 spiro atoms. The van der Waals surface area contributed by atoms with Crippen LogP contribution in [0.1, 0.15) is 28.9 Å². The molecular formula is C18H18N2O2S. The number of nitrogens with one attached hydrogen (secondary N) is 1. The van der Waals surface area contributed by atoms with E-state index in [1.807, 2.05) is 47.7 Å². The van der Waals surface area contributed by atoms with E-state index in [1.165, 1.54) is 0 Å². The number of carbonyl (C=O) groups is 1. The van der Waals surface area contributed by atoms with Crippen molar-refractivity contribution >= 4 is 28.1 Å². The molecule has 23 heavy (non-hydrogen) atoms. The smallest absolute Gasteiger partial charge is 0.256 e. The molecule has 1 aromatic carbocycles. The maximum Gasteiger partial charge on any atom is 0.256 e. The first-order chi connectivity index (χ1) is 11.2. The Kier molecular flexibility index (Phi) is 3.67. The van der Waals surface area contributed by atoms with Gasteiger partial charge in [-0.25, -0.2) is 0 Å². The fourth-order valence-electron chi connectivity index (χ4n) is 3.19. The van der Waals surface area contributed by atoms with E-state index < -0.39 is 0 Å². The van der Waals surface area contributed by atoms with Crippen LogP contribution in [-0.2, 0) is 4.74 Å². The topological polar surface area (TPSA) is 45.3 Å². The van der Waals surface area contributed by atoms with Crippen molar-refractivity contribution in [2.24, 2.45) is 0 Å². The molecule has 5 heteroatoms. The van der Waals surface area contributed by atoms with Crippen LogP contribution in [0.5, 0.6) is 0 Å². The van der Waals surface area contributed by atoms with Crippen LogP contribution < -0.4 is 0 Å². The van der Waals surface area contributed by atoms with Crippen LogP contribution in [0.15, 0.2) is 47.3 Å². The third-order valence-corrected chi connectivity index (χ3v) is 4.98. The highest BCUT2D eigenvalue weighted by molar-refractivity contribution is 7.07. The van der Waals surface area contributed by atoms with Crippen molar-refractivity contribution in [3.8, 4) is 0 Å². The first-order valence-corrected chi connectivity index (χ1v) is 8.69. The molecule has 2 atom stereocenters. The predicted octanol–water partition coefficient (Wildman–Crippen LogP) is 3.83. The third-order valence-electron chi connectivity index (χ3n) is 4.28. The number of carbonyl (C=O) groups excluding carboxylic acids is 1. The van der Waals surface area contributed by atoms with Crippen LogP contribution in [0, 0.1) is 0 Å². The van der Waals surface area contributed by atoms with E-state index in [2.05, 4.69) is 16.4 Å². The normalized spacial score (nSPS) is 21.7. The molecular weight excluding hydrogens is 308 g/mol. The minimum absolute atomic E-state index is 0.0282. The molecule has 0 radical (unpaired) electrons. The van der Waals surface area contributed by atoms with Gasteiger partial charge in [0, 0.05) is 18.1 Å². The fourth-order valence-corrected chi connectivity index (χ4v) is 3.89. The van der Waals surface area contributed by atoms with Crippen molar-refractivity contribution in [3.63, 3.8) is 0 Å². The number of hydrogen-bond acceptors (Lipinski definition) is 3. The number of H-pyrrole nitrogens is 1. The van der Waals surface area contributed by atoms with Crippen molar-refractivity contribution in [2.75, 3.05) is 13.1 Å². The number of amides is 1. The highest BCUT2D eigenvalue weighted by atomic mass is 32.1. The summed E-state index contributed by atoms with van der Waals surface area (Å²) < 4.78 is 6.02. The number of rotatable bonds is 2. The van der Waals surface area contributed by atoms with Gasteiger partial charge in [-0.2, -0.15) is 11.3 Å². The maximum absolute atomic E-state index is 13.0. The molecule has 3 heterocycles. The first kappa shape index (κ1) is 14.5. The van der Waals surface area contributed by atoms with Crippen molar-refractivity contribution in [1.82, 2.24) is 9.88 Å². The van der Waals surface area contributed by atoms with Gasteiger partial charge >= 0.3 is 0 Å². The summed E-state index contributed by atoms with van der Waals surface area (Å²) in [6.45, 7) is 3.24. The number of hydrogen-bond donors (Lipinski definition) is 1. The number of benzene rings is 1. The third kappa shape index (κ3) is 2.66. The summed E-state index contributed by atoms with van der Waals surface area (Å²) in [7, 11) is 0. The number of morpholine rings is 1. The van der Waals surface area contributed by atoms with Gasteiger partial charge in [0.25, 0.3) is 5.91 Å². The van der Waals surface area contributed by atoms with Crippen molar-refractivity contribution < 1.29 is 9.53 Å². The van der Waals surface area contributed by atoms with Gasteiger partial charge in [-0.05, 0) is 41.4 Å². The van der Waals surface area contributed by atoms with Gasteiger partial charge in [0.15, 0.2) is 0 Å². The molecule has 1 amide bonds. The van der Waals surface area contributed by atoms with E-state index in [-0.39, 0.29) is 18.1 Å². The fraction of sp³-hybridized carbons (Fsp3) is 0.278. The quantitative estimate of drug-likeness (QED) is 0.778.